The Morgan fingerprint density at radius 1 is 1.14 bits per heavy atom. The van der Waals surface area contributed by atoms with Crippen LogP contribution >= 0.6 is 0 Å². The topological polar surface area (TPSA) is 33.7 Å². The summed E-state index contributed by atoms with van der Waals surface area (Å²) < 4.78 is 12.1. The molecule has 1 saturated heterocycles. The molecule has 1 N–H and O–H groups in total. The number of benzene rings is 2. The minimum atomic E-state index is 0.0252. The van der Waals surface area contributed by atoms with Crippen molar-refractivity contribution < 1.29 is 9.47 Å². The summed E-state index contributed by atoms with van der Waals surface area (Å²) in [6.45, 7) is 2.96. The maximum atomic E-state index is 6.64. The third-order valence-electron chi connectivity index (χ3n) is 6.47. The highest BCUT2D eigenvalue weighted by molar-refractivity contribution is 5.41. The summed E-state index contributed by atoms with van der Waals surface area (Å²) in [5, 5.41) is 3.64. The van der Waals surface area contributed by atoms with E-state index < -0.39 is 0 Å². The minimum Gasteiger partial charge on any atom is -0.497 e. The summed E-state index contributed by atoms with van der Waals surface area (Å²) in [4.78, 5) is 2.45. The molecule has 2 aromatic carbocycles. The van der Waals surface area contributed by atoms with Gasteiger partial charge >= 0.3 is 0 Å². The predicted molar refractivity (Wildman–Crippen MR) is 117 cm³/mol. The summed E-state index contributed by atoms with van der Waals surface area (Å²) in [6, 6.07) is 18.0. The van der Waals surface area contributed by atoms with Crippen LogP contribution in [0.3, 0.4) is 0 Å². The fourth-order valence-corrected chi connectivity index (χ4v) is 4.80. The molecule has 0 amide bonds. The van der Waals surface area contributed by atoms with Gasteiger partial charge in [0.2, 0.25) is 0 Å². The number of hydrogen-bond donors (Lipinski definition) is 1. The lowest BCUT2D eigenvalue weighted by Gasteiger charge is -2.40. The molecule has 4 rings (SSSR count). The summed E-state index contributed by atoms with van der Waals surface area (Å²) in [6.07, 6.45) is 6.06. The van der Waals surface area contributed by atoms with Gasteiger partial charge in [0.05, 0.1) is 13.2 Å². The lowest BCUT2D eigenvalue weighted by molar-refractivity contribution is -0.0184. The SMILES string of the molecule is COc1ccc2c(c1)CCN(C)C2C(OCCC1CCCCN1)c1ccccc1. The van der Waals surface area contributed by atoms with Gasteiger partial charge in [-0.1, -0.05) is 42.8 Å². The quantitative estimate of drug-likeness (QED) is 0.749. The van der Waals surface area contributed by atoms with Crippen LogP contribution in [0.15, 0.2) is 48.5 Å². The maximum absolute atomic E-state index is 6.64. The molecule has 3 atom stereocenters. The first-order chi connectivity index (χ1) is 14.3. The van der Waals surface area contributed by atoms with Crippen molar-refractivity contribution in [2.45, 2.75) is 50.3 Å². The van der Waals surface area contributed by atoms with E-state index in [4.69, 9.17) is 9.47 Å². The third-order valence-corrected chi connectivity index (χ3v) is 6.47. The third kappa shape index (κ3) is 4.82. The predicted octanol–water partition coefficient (Wildman–Crippen LogP) is 4.51. The van der Waals surface area contributed by atoms with Crippen LogP contribution in [-0.2, 0) is 11.2 Å². The Morgan fingerprint density at radius 2 is 2.00 bits per heavy atom. The van der Waals surface area contributed by atoms with Gasteiger partial charge in [0.1, 0.15) is 11.9 Å². The zero-order valence-electron chi connectivity index (χ0n) is 17.8. The second-order valence-electron chi connectivity index (χ2n) is 8.38. The summed E-state index contributed by atoms with van der Waals surface area (Å²) in [7, 11) is 3.96. The van der Waals surface area contributed by atoms with Gasteiger partial charge in [0.25, 0.3) is 0 Å². The van der Waals surface area contributed by atoms with Crippen LogP contribution in [0.2, 0.25) is 0 Å². The number of piperidine rings is 1. The molecule has 29 heavy (non-hydrogen) atoms. The smallest absolute Gasteiger partial charge is 0.119 e. The minimum absolute atomic E-state index is 0.0252. The second kappa shape index (κ2) is 9.75. The normalized spacial score (nSPS) is 23.4. The van der Waals surface area contributed by atoms with E-state index >= 15 is 0 Å². The van der Waals surface area contributed by atoms with Crippen LogP contribution in [0.1, 0.15) is 54.5 Å². The van der Waals surface area contributed by atoms with E-state index in [1.165, 1.54) is 36.0 Å². The molecule has 2 aliphatic rings. The van der Waals surface area contributed by atoms with Crippen molar-refractivity contribution in [2.24, 2.45) is 0 Å². The van der Waals surface area contributed by atoms with E-state index in [0.717, 1.165) is 38.3 Å². The Bertz CT molecular complexity index is 774. The highest BCUT2D eigenvalue weighted by Crippen LogP contribution is 2.41. The number of likely N-dealkylation sites (N-methyl/N-ethyl adjacent to an activating group) is 1. The Kier molecular flexibility index (Phi) is 6.86. The van der Waals surface area contributed by atoms with Gasteiger partial charge in [0, 0.05) is 19.2 Å². The van der Waals surface area contributed by atoms with Crippen LogP contribution in [0.4, 0.5) is 0 Å². The number of hydrogen-bond acceptors (Lipinski definition) is 4. The lowest BCUT2D eigenvalue weighted by Crippen LogP contribution is -2.38. The molecule has 2 aromatic rings. The first-order valence-electron chi connectivity index (χ1n) is 11.0. The molecule has 0 spiro atoms. The molecule has 0 aliphatic carbocycles. The standard InChI is InChI=1S/C25H34N2O2/c1-27-16-13-20-18-22(28-2)11-12-23(20)24(27)25(19-8-4-3-5-9-19)29-17-14-21-10-6-7-15-26-21/h3-5,8-9,11-12,18,21,24-26H,6-7,10,13-17H2,1-2H3. The van der Waals surface area contributed by atoms with Crippen LogP contribution in [-0.4, -0.2) is 44.8 Å². The Labute approximate surface area is 175 Å². The largest absolute Gasteiger partial charge is 0.497 e. The Hall–Kier alpha value is -1.88. The second-order valence-corrected chi connectivity index (χ2v) is 8.38. The first kappa shape index (κ1) is 20.4. The molecule has 3 unspecified atom stereocenters. The number of nitrogens with one attached hydrogen (secondary N) is 1. The van der Waals surface area contributed by atoms with Crippen molar-refractivity contribution in [3.63, 3.8) is 0 Å². The molecule has 2 aliphatic heterocycles. The molecule has 2 heterocycles. The molecule has 0 bridgehead atoms. The van der Waals surface area contributed by atoms with Crippen LogP contribution in [0.25, 0.3) is 0 Å². The molecule has 156 valence electrons. The first-order valence-corrected chi connectivity index (χ1v) is 11.0. The van der Waals surface area contributed by atoms with Crippen molar-refractivity contribution >= 4 is 0 Å². The number of ether oxygens (including phenoxy) is 2. The van der Waals surface area contributed by atoms with Crippen molar-refractivity contribution in [3.8, 4) is 5.75 Å². The molecule has 4 nitrogen and oxygen atoms in total. The van der Waals surface area contributed by atoms with E-state index in [0.29, 0.717) is 6.04 Å². The molecular formula is C25H34N2O2. The van der Waals surface area contributed by atoms with Crippen LogP contribution in [0, 0.1) is 0 Å². The van der Waals surface area contributed by atoms with Gasteiger partial charge in [-0.25, -0.2) is 0 Å². The van der Waals surface area contributed by atoms with E-state index in [1.54, 1.807) is 7.11 Å². The van der Waals surface area contributed by atoms with Crippen LogP contribution < -0.4 is 10.1 Å². The molecule has 4 heteroatoms. The number of fused-ring (bicyclic) bond motifs is 1. The van der Waals surface area contributed by atoms with Gasteiger partial charge < -0.3 is 14.8 Å². The number of rotatable bonds is 7. The van der Waals surface area contributed by atoms with Crippen molar-refractivity contribution in [1.29, 1.82) is 0 Å². The molecule has 0 radical (unpaired) electrons. The van der Waals surface area contributed by atoms with Gasteiger partial charge in [-0.2, -0.15) is 0 Å². The fourth-order valence-electron chi connectivity index (χ4n) is 4.80. The molecule has 0 aromatic heterocycles. The van der Waals surface area contributed by atoms with Gasteiger partial charge in [-0.05, 0) is 68.1 Å². The monoisotopic (exact) mass is 394 g/mol. The molecular weight excluding hydrogens is 360 g/mol. The van der Waals surface area contributed by atoms with Gasteiger partial charge in [-0.15, -0.1) is 0 Å². The summed E-state index contributed by atoms with van der Waals surface area (Å²) >= 11 is 0. The van der Waals surface area contributed by atoms with Crippen LogP contribution in [0.5, 0.6) is 5.75 Å². The fraction of sp³-hybridized carbons (Fsp3) is 0.520. The number of methoxy groups -OCH3 is 1. The van der Waals surface area contributed by atoms with E-state index in [9.17, 15) is 0 Å². The van der Waals surface area contributed by atoms with Gasteiger partial charge in [-0.3, -0.25) is 4.90 Å². The molecule has 1 fully saturated rings. The summed E-state index contributed by atoms with van der Waals surface area (Å²) in [5.74, 6) is 0.938. The zero-order valence-corrected chi connectivity index (χ0v) is 17.8. The average Bonchev–Trinajstić information content (AvgIpc) is 2.78. The van der Waals surface area contributed by atoms with E-state index in [-0.39, 0.29) is 12.1 Å². The Balaban J connectivity index is 1.57. The highest BCUT2D eigenvalue weighted by atomic mass is 16.5. The van der Waals surface area contributed by atoms with Crippen molar-refractivity contribution in [1.82, 2.24) is 10.2 Å². The lowest BCUT2D eigenvalue weighted by atomic mass is 9.87. The maximum Gasteiger partial charge on any atom is 0.119 e. The molecule has 0 saturated carbocycles. The van der Waals surface area contributed by atoms with E-state index in [2.05, 4.69) is 65.8 Å². The number of nitrogens with zero attached hydrogens (tertiary/aromatic N) is 1. The Morgan fingerprint density at radius 3 is 2.76 bits per heavy atom. The van der Waals surface area contributed by atoms with Gasteiger partial charge in [0.15, 0.2) is 0 Å². The van der Waals surface area contributed by atoms with Crippen molar-refractivity contribution in [3.05, 3.63) is 65.2 Å². The highest BCUT2D eigenvalue weighted by Gasteiger charge is 2.33. The van der Waals surface area contributed by atoms with Crippen molar-refractivity contribution in [2.75, 3.05) is 33.9 Å². The summed E-state index contributed by atoms with van der Waals surface area (Å²) in [5.41, 5.74) is 4.00. The zero-order chi connectivity index (χ0) is 20.1. The van der Waals surface area contributed by atoms with E-state index in [1.807, 2.05) is 0 Å². The average molecular weight is 395 g/mol.